The molecule has 8 heteroatoms. The molecule has 4 aromatic rings. The van der Waals surface area contributed by atoms with Crippen LogP contribution < -0.4 is 5.32 Å². The number of nitrogens with one attached hydrogen (secondary N) is 1. The second-order valence-electron chi connectivity index (χ2n) is 5.00. The Morgan fingerprint density at radius 1 is 1.08 bits per heavy atom. The zero-order valence-corrected chi connectivity index (χ0v) is 13.0. The molecule has 0 aliphatic rings. The molecule has 2 aromatic heterocycles. The number of fused-ring (bicyclic) bond motifs is 1. The van der Waals surface area contributed by atoms with Gasteiger partial charge in [-0.05, 0) is 48.5 Å². The van der Waals surface area contributed by atoms with Crippen LogP contribution in [0.5, 0.6) is 0 Å². The van der Waals surface area contributed by atoms with Gasteiger partial charge in [0.2, 0.25) is 4.96 Å². The number of rotatable bonds is 3. The molecule has 2 aromatic carbocycles. The van der Waals surface area contributed by atoms with Crippen molar-refractivity contribution in [2.45, 2.75) is 0 Å². The van der Waals surface area contributed by atoms with Gasteiger partial charge in [0.25, 0.3) is 5.91 Å². The Kier molecular flexibility index (Phi) is 3.51. The van der Waals surface area contributed by atoms with E-state index >= 15 is 0 Å². The van der Waals surface area contributed by atoms with Crippen LogP contribution >= 0.6 is 11.3 Å². The molecule has 1 amide bonds. The minimum Gasteiger partial charge on any atom is -0.322 e. The van der Waals surface area contributed by atoms with Crippen LogP contribution in [0.25, 0.3) is 15.5 Å². The third-order valence-electron chi connectivity index (χ3n) is 3.38. The van der Waals surface area contributed by atoms with Crippen molar-refractivity contribution >= 4 is 27.9 Å². The lowest BCUT2D eigenvalue weighted by atomic mass is 10.2. The van der Waals surface area contributed by atoms with Crippen LogP contribution in [0.2, 0.25) is 0 Å². The maximum atomic E-state index is 12.9. The van der Waals surface area contributed by atoms with Gasteiger partial charge >= 0.3 is 0 Å². The van der Waals surface area contributed by atoms with E-state index in [0.717, 1.165) is 15.5 Å². The standard InChI is InChI=1S/C16H10FN5OS/c17-12-5-1-10(2-6-12)14(23)19-13-7-3-11(4-8-13)15-21-22-9-18-20-16(22)24-15/h1-9H,(H,19,23). The Labute approximate surface area is 139 Å². The first-order valence-corrected chi connectivity index (χ1v) is 7.85. The minimum atomic E-state index is -0.374. The van der Waals surface area contributed by atoms with Crippen molar-refractivity contribution in [3.63, 3.8) is 0 Å². The second-order valence-corrected chi connectivity index (χ2v) is 5.96. The molecule has 0 atom stereocenters. The number of hydrogen-bond donors (Lipinski definition) is 1. The molecule has 24 heavy (non-hydrogen) atoms. The van der Waals surface area contributed by atoms with Crippen molar-refractivity contribution in [2.24, 2.45) is 0 Å². The zero-order chi connectivity index (χ0) is 16.5. The van der Waals surface area contributed by atoms with Crippen LogP contribution in [0, 0.1) is 5.82 Å². The van der Waals surface area contributed by atoms with Crippen molar-refractivity contribution in [3.8, 4) is 10.6 Å². The molecule has 0 unspecified atom stereocenters. The average molecular weight is 339 g/mol. The van der Waals surface area contributed by atoms with Crippen LogP contribution in [0.1, 0.15) is 10.4 Å². The first kappa shape index (κ1) is 14.5. The summed E-state index contributed by atoms with van der Waals surface area (Å²) in [6.07, 6.45) is 1.55. The van der Waals surface area contributed by atoms with Gasteiger partial charge in [0.05, 0.1) is 0 Å². The first-order valence-electron chi connectivity index (χ1n) is 7.03. The quantitative estimate of drug-likeness (QED) is 0.622. The summed E-state index contributed by atoms with van der Waals surface area (Å²) in [6.45, 7) is 0. The monoisotopic (exact) mass is 339 g/mol. The topological polar surface area (TPSA) is 72.2 Å². The number of hydrogen-bond acceptors (Lipinski definition) is 5. The summed E-state index contributed by atoms with van der Waals surface area (Å²) >= 11 is 1.43. The summed E-state index contributed by atoms with van der Waals surface area (Å²) in [5.74, 6) is -0.664. The largest absolute Gasteiger partial charge is 0.322 e. The Morgan fingerprint density at radius 2 is 1.83 bits per heavy atom. The molecule has 2 heterocycles. The molecule has 4 rings (SSSR count). The number of halogens is 1. The van der Waals surface area contributed by atoms with Crippen molar-refractivity contribution in [3.05, 3.63) is 66.2 Å². The molecule has 118 valence electrons. The summed E-state index contributed by atoms with van der Waals surface area (Å²) in [5.41, 5.74) is 1.97. The molecule has 0 spiro atoms. The Bertz CT molecular complexity index is 979. The van der Waals surface area contributed by atoms with E-state index in [0.29, 0.717) is 11.3 Å². The highest BCUT2D eigenvalue weighted by atomic mass is 32.1. The molecule has 0 aliphatic heterocycles. The predicted octanol–water partition coefficient (Wildman–Crippen LogP) is 3.24. The summed E-state index contributed by atoms with van der Waals surface area (Å²) in [6, 6.07) is 12.7. The molecule has 0 fully saturated rings. The Balaban J connectivity index is 1.52. The maximum absolute atomic E-state index is 12.9. The smallest absolute Gasteiger partial charge is 0.255 e. The van der Waals surface area contributed by atoms with Gasteiger partial charge in [0.1, 0.15) is 17.2 Å². The highest BCUT2D eigenvalue weighted by molar-refractivity contribution is 7.19. The molecule has 1 N–H and O–H groups in total. The molecular formula is C16H10FN5OS. The fourth-order valence-corrected chi connectivity index (χ4v) is 3.00. The minimum absolute atomic E-state index is 0.290. The zero-order valence-electron chi connectivity index (χ0n) is 12.2. The average Bonchev–Trinajstić information content (AvgIpc) is 3.18. The Morgan fingerprint density at radius 3 is 2.54 bits per heavy atom. The number of anilines is 1. The number of nitrogens with zero attached hydrogens (tertiary/aromatic N) is 4. The van der Waals surface area contributed by atoms with Gasteiger partial charge in [-0.2, -0.15) is 9.61 Å². The molecule has 0 aliphatic carbocycles. The maximum Gasteiger partial charge on any atom is 0.255 e. The lowest BCUT2D eigenvalue weighted by Gasteiger charge is -2.05. The molecule has 0 radical (unpaired) electrons. The van der Waals surface area contributed by atoms with Gasteiger partial charge in [-0.3, -0.25) is 4.79 Å². The van der Waals surface area contributed by atoms with Gasteiger partial charge < -0.3 is 5.32 Å². The first-order chi connectivity index (χ1) is 11.7. The third-order valence-corrected chi connectivity index (χ3v) is 4.34. The third kappa shape index (κ3) is 2.74. The lowest BCUT2D eigenvalue weighted by molar-refractivity contribution is 0.102. The van der Waals surface area contributed by atoms with Crippen LogP contribution in [0.3, 0.4) is 0 Å². The van der Waals surface area contributed by atoms with E-state index < -0.39 is 0 Å². The fourth-order valence-electron chi connectivity index (χ4n) is 2.18. The molecular weight excluding hydrogens is 329 g/mol. The van der Waals surface area contributed by atoms with Crippen molar-refractivity contribution in [1.29, 1.82) is 0 Å². The van der Waals surface area contributed by atoms with Crippen molar-refractivity contribution in [2.75, 3.05) is 5.32 Å². The Hall–Kier alpha value is -3.13. The van der Waals surface area contributed by atoms with E-state index in [1.54, 1.807) is 23.0 Å². The number of benzene rings is 2. The normalized spacial score (nSPS) is 10.9. The van der Waals surface area contributed by atoms with Gasteiger partial charge in [0.15, 0.2) is 0 Å². The van der Waals surface area contributed by atoms with Crippen molar-refractivity contribution in [1.82, 2.24) is 19.8 Å². The van der Waals surface area contributed by atoms with E-state index in [9.17, 15) is 9.18 Å². The van der Waals surface area contributed by atoms with Gasteiger partial charge in [-0.25, -0.2) is 4.39 Å². The molecule has 6 nitrogen and oxygen atoms in total. The summed E-state index contributed by atoms with van der Waals surface area (Å²) in [4.78, 5) is 12.8. The SMILES string of the molecule is O=C(Nc1ccc(-c2nn3cnnc3s2)cc1)c1ccc(F)cc1. The number of aromatic nitrogens is 4. The number of amides is 1. The number of carbonyl (C=O) groups excluding carboxylic acids is 1. The van der Waals surface area contributed by atoms with Crippen molar-refractivity contribution < 1.29 is 9.18 Å². The summed E-state index contributed by atoms with van der Waals surface area (Å²) < 4.78 is 14.5. The number of carbonyl (C=O) groups is 1. The molecule has 0 saturated carbocycles. The van der Waals surface area contributed by atoms with Gasteiger partial charge in [-0.15, -0.1) is 10.2 Å². The van der Waals surface area contributed by atoms with E-state index in [2.05, 4.69) is 20.6 Å². The van der Waals surface area contributed by atoms with Crippen LogP contribution in [0.4, 0.5) is 10.1 Å². The summed E-state index contributed by atoms with van der Waals surface area (Å²) in [5, 5.41) is 15.7. The molecule has 0 saturated heterocycles. The van der Waals surface area contributed by atoms with E-state index in [1.165, 1.54) is 35.6 Å². The highest BCUT2D eigenvalue weighted by Crippen LogP contribution is 2.25. The van der Waals surface area contributed by atoms with Gasteiger partial charge in [0, 0.05) is 16.8 Å². The van der Waals surface area contributed by atoms with E-state index in [1.807, 2.05) is 12.1 Å². The predicted molar refractivity (Wildman–Crippen MR) is 88.4 cm³/mol. The van der Waals surface area contributed by atoms with E-state index in [-0.39, 0.29) is 11.7 Å². The van der Waals surface area contributed by atoms with E-state index in [4.69, 9.17) is 0 Å². The highest BCUT2D eigenvalue weighted by Gasteiger charge is 2.09. The van der Waals surface area contributed by atoms with Crippen LogP contribution in [-0.4, -0.2) is 25.7 Å². The second kappa shape index (κ2) is 5.82. The lowest BCUT2D eigenvalue weighted by Crippen LogP contribution is -2.11. The molecule has 0 bridgehead atoms. The van der Waals surface area contributed by atoms with Crippen LogP contribution in [-0.2, 0) is 0 Å². The van der Waals surface area contributed by atoms with Crippen LogP contribution in [0.15, 0.2) is 54.9 Å². The van der Waals surface area contributed by atoms with Gasteiger partial charge in [-0.1, -0.05) is 11.3 Å². The summed E-state index contributed by atoms with van der Waals surface area (Å²) in [7, 11) is 0. The fraction of sp³-hybridized carbons (Fsp3) is 0.